The summed E-state index contributed by atoms with van der Waals surface area (Å²) in [5.74, 6) is 0. The predicted molar refractivity (Wildman–Crippen MR) is 53.7 cm³/mol. The first kappa shape index (κ1) is 14.8. The van der Waals surface area contributed by atoms with Crippen LogP contribution in [0.3, 0.4) is 0 Å². The Morgan fingerprint density at radius 2 is 1.33 bits per heavy atom. The van der Waals surface area contributed by atoms with Gasteiger partial charge in [0.1, 0.15) is 0 Å². The van der Waals surface area contributed by atoms with Crippen LogP contribution in [0.2, 0.25) is 0 Å². The normalized spacial score (nSPS) is 12.9. The van der Waals surface area contributed by atoms with Gasteiger partial charge in [-0.3, -0.25) is 0 Å². The molecule has 0 atom stereocenters. The molecule has 0 radical (unpaired) electrons. The Balaban J connectivity index is 3.61. The molecule has 1 nitrogen and oxygen atoms in total. The SMILES string of the molecule is CCc1c(C(F)(F)F)cc(CN)cc1C(F)(F)F. The Morgan fingerprint density at radius 3 is 1.56 bits per heavy atom. The number of halogens is 6. The molecule has 0 spiro atoms. The van der Waals surface area contributed by atoms with Gasteiger partial charge in [-0.2, -0.15) is 26.3 Å². The van der Waals surface area contributed by atoms with Gasteiger partial charge < -0.3 is 5.73 Å². The number of alkyl halides is 6. The molecule has 0 aliphatic heterocycles. The molecule has 0 unspecified atom stereocenters. The molecule has 0 fully saturated rings. The Labute approximate surface area is 99.6 Å². The first-order chi connectivity index (χ1) is 8.11. The van der Waals surface area contributed by atoms with E-state index in [1.165, 1.54) is 6.92 Å². The molecule has 0 saturated heterocycles. The molecule has 7 heteroatoms. The maximum absolute atomic E-state index is 12.7. The van der Waals surface area contributed by atoms with E-state index in [0.717, 1.165) is 0 Å². The number of hydrogen-bond acceptors (Lipinski definition) is 1. The first-order valence-electron chi connectivity index (χ1n) is 5.11. The van der Waals surface area contributed by atoms with Crippen molar-refractivity contribution in [3.05, 3.63) is 34.4 Å². The molecule has 1 aromatic rings. The van der Waals surface area contributed by atoms with Crippen LogP contribution in [0.25, 0.3) is 0 Å². The van der Waals surface area contributed by atoms with Gasteiger partial charge in [0.2, 0.25) is 0 Å². The molecule has 0 saturated carbocycles. The summed E-state index contributed by atoms with van der Waals surface area (Å²) in [5.41, 5.74) is 1.67. The largest absolute Gasteiger partial charge is 0.416 e. The zero-order valence-electron chi connectivity index (χ0n) is 9.41. The fourth-order valence-electron chi connectivity index (χ4n) is 1.74. The second-order valence-corrected chi connectivity index (χ2v) is 3.72. The lowest BCUT2D eigenvalue weighted by atomic mass is 9.95. The van der Waals surface area contributed by atoms with Crippen molar-refractivity contribution < 1.29 is 26.3 Å². The maximum atomic E-state index is 12.7. The van der Waals surface area contributed by atoms with Gasteiger partial charge in [-0.25, -0.2) is 0 Å². The fraction of sp³-hybridized carbons (Fsp3) is 0.455. The lowest BCUT2D eigenvalue weighted by Gasteiger charge is -2.19. The lowest BCUT2D eigenvalue weighted by Crippen LogP contribution is -2.18. The highest BCUT2D eigenvalue weighted by Gasteiger charge is 2.40. The minimum Gasteiger partial charge on any atom is -0.326 e. The molecule has 102 valence electrons. The summed E-state index contributed by atoms with van der Waals surface area (Å²) in [6, 6.07) is 1.35. The van der Waals surface area contributed by atoms with E-state index in [-0.39, 0.29) is 18.5 Å². The van der Waals surface area contributed by atoms with Crippen LogP contribution in [0.4, 0.5) is 26.3 Å². The lowest BCUT2D eigenvalue weighted by molar-refractivity contribution is -0.144. The number of hydrogen-bond donors (Lipinski definition) is 1. The number of rotatable bonds is 2. The zero-order chi connectivity index (χ0) is 14.1. The van der Waals surface area contributed by atoms with E-state index in [1.807, 2.05) is 0 Å². The Hall–Kier alpha value is -1.24. The van der Waals surface area contributed by atoms with Gasteiger partial charge in [0, 0.05) is 6.54 Å². The van der Waals surface area contributed by atoms with Gasteiger partial charge in [0.15, 0.2) is 0 Å². The third-order valence-electron chi connectivity index (χ3n) is 2.51. The topological polar surface area (TPSA) is 26.0 Å². The highest BCUT2D eigenvalue weighted by Crippen LogP contribution is 2.40. The van der Waals surface area contributed by atoms with Crippen LogP contribution < -0.4 is 5.73 Å². The van der Waals surface area contributed by atoms with E-state index in [0.29, 0.717) is 12.1 Å². The molecule has 0 aliphatic rings. The molecular weight excluding hydrogens is 260 g/mol. The van der Waals surface area contributed by atoms with Gasteiger partial charge in [0.25, 0.3) is 0 Å². The average molecular weight is 271 g/mol. The summed E-state index contributed by atoms with van der Waals surface area (Å²) >= 11 is 0. The van der Waals surface area contributed by atoms with E-state index in [2.05, 4.69) is 0 Å². The Bertz CT molecular complexity index is 397. The Morgan fingerprint density at radius 1 is 0.944 bits per heavy atom. The van der Waals surface area contributed by atoms with Crippen molar-refractivity contribution in [1.29, 1.82) is 0 Å². The van der Waals surface area contributed by atoms with E-state index >= 15 is 0 Å². The zero-order valence-corrected chi connectivity index (χ0v) is 9.41. The van der Waals surface area contributed by atoms with Crippen molar-refractivity contribution in [2.45, 2.75) is 32.2 Å². The first-order valence-corrected chi connectivity index (χ1v) is 5.11. The van der Waals surface area contributed by atoms with Gasteiger partial charge in [-0.1, -0.05) is 6.92 Å². The van der Waals surface area contributed by atoms with Crippen LogP contribution in [0, 0.1) is 0 Å². The second-order valence-electron chi connectivity index (χ2n) is 3.72. The molecule has 0 heterocycles. The summed E-state index contributed by atoms with van der Waals surface area (Å²) in [4.78, 5) is 0. The van der Waals surface area contributed by atoms with Gasteiger partial charge in [-0.15, -0.1) is 0 Å². The summed E-state index contributed by atoms with van der Waals surface area (Å²) in [5, 5.41) is 0. The summed E-state index contributed by atoms with van der Waals surface area (Å²) < 4.78 is 76.3. The molecule has 0 amide bonds. The molecule has 18 heavy (non-hydrogen) atoms. The monoisotopic (exact) mass is 271 g/mol. The minimum absolute atomic E-state index is 0.188. The Kier molecular flexibility index (Phi) is 3.95. The van der Waals surface area contributed by atoms with Gasteiger partial charge >= 0.3 is 12.4 Å². The molecule has 0 bridgehead atoms. The third kappa shape index (κ3) is 2.95. The quantitative estimate of drug-likeness (QED) is 0.814. The summed E-state index contributed by atoms with van der Waals surface area (Å²) in [6.07, 6.45) is -10.00. The molecule has 0 aromatic heterocycles. The van der Waals surface area contributed by atoms with E-state index in [9.17, 15) is 26.3 Å². The van der Waals surface area contributed by atoms with Gasteiger partial charge in [0.05, 0.1) is 11.1 Å². The highest BCUT2D eigenvalue weighted by molar-refractivity contribution is 5.42. The standard InChI is InChI=1S/C11H11F6N/c1-2-7-8(10(12,13)14)3-6(5-18)4-9(7)11(15,16)17/h3-4H,2,5,18H2,1H3. The van der Waals surface area contributed by atoms with E-state index < -0.39 is 29.0 Å². The maximum Gasteiger partial charge on any atom is 0.416 e. The molecular formula is C11H11F6N. The van der Waals surface area contributed by atoms with Crippen LogP contribution in [0.15, 0.2) is 12.1 Å². The van der Waals surface area contributed by atoms with Crippen LogP contribution in [-0.4, -0.2) is 0 Å². The van der Waals surface area contributed by atoms with Crippen molar-refractivity contribution in [3.63, 3.8) is 0 Å². The average Bonchev–Trinajstić information content (AvgIpc) is 2.24. The fourth-order valence-corrected chi connectivity index (χ4v) is 1.74. The highest BCUT2D eigenvalue weighted by atomic mass is 19.4. The van der Waals surface area contributed by atoms with E-state index in [4.69, 9.17) is 5.73 Å². The number of benzene rings is 1. The van der Waals surface area contributed by atoms with Crippen LogP contribution in [-0.2, 0) is 25.3 Å². The van der Waals surface area contributed by atoms with Crippen LogP contribution >= 0.6 is 0 Å². The van der Waals surface area contributed by atoms with Crippen LogP contribution in [0.1, 0.15) is 29.2 Å². The molecule has 1 rings (SSSR count). The van der Waals surface area contributed by atoms with E-state index in [1.54, 1.807) is 0 Å². The van der Waals surface area contributed by atoms with Crippen molar-refractivity contribution in [3.8, 4) is 0 Å². The van der Waals surface area contributed by atoms with Crippen molar-refractivity contribution in [2.24, 2.45) is 5.73 Å². The predicted octanol–water partition coefficient (Wildman–Crippen LogP) is 3.75. The van der Waals surface area contributed by atoms with Crippen LogP contribution in [0.5, 0.6) is 0 Å². The molecule has 0 aliphatic carbocycles. The van der Waals surface area contributed by atoms with Crippen molar-refractivity contribution >= 4 is 0 Å². The summed E-state index contributed by atoms with van der Waals surface area (Å²) in [7, 11) is 0. The summed E-state index contributed by atoms with van der Waals surface area (Å²) in [6.45, 7) is 0.873. The second kappa shape index (κ2) is 4.79. The molecule has 2 N–H and O–H groups in total. The third-order valence-corrected chi connectivity index (χ3v) is 2.51. The number of nitrogens with two attached hydrogens (primary N) is 1. The minimum atomic E-state index is -4.82. The van der Waals surface area contributed by atoms with Crippen molar-refractivity contribution in [2.75, 3.05) is 0 Å². The van der Waals surface area contributed by atoms with Crippen molar-refractivity contribution in [1.82, 2.24) is 0 Å². The molecule has 1 aromatic carbocycles. The smallest absolute Gasteiger partial charge is 0.326 e. The van der Waals surface area contributed by atoms with Gasteiger partial charge in [-0.05, 0) is 29.7 Å².